The van der Waals surface area contributed by atoms with Crippen molar-refractivity contribution in [3.63, 3.8) is 0 Å². The first kappa shape index (κ1) is 22.9. The van der Waals surface area contributed by atoms with Gasteiger partial charge in [-0.2, -0.15) is 0 Å². The number of nitrogens with zero attached hydrogens (tertiary/aromatic N) is 1. The lowest BCUT2D eigenvalue weighted by atomic mass is 9.94. The number of ether oxygens (including phenoxy) is 3. The van der Waals surface area contributed by atoms with Crippen molar-refractivity contribution in [2.45, 2.75) is 12.6 Å². The van der Waals surface area contributed by atoms with Crippen molar-refractivity contribution < 1.29 is 38.4 Å². The first-order chi connectivity index (χ1) is 16.9. The van der Waals surface area contributed by atoms with Crippen LogP contribution in [0, 0.1) is 0 Å². The molecule has 9 nitrogen and oxygen atoms in total. The highest BCUT2D eigenvalue weighted by Crippen LogP contribution is 2.45. The fourth-order valence-corrected chi connectivity index (χ4v) is 4.67. The van der Waals surface area contributed by atoms with Crippen LogP contribution in [0.5, 0.6) is 23.0 Å². The van der Waals surface area contributed by atoms with Gasteiger partial charge in [-0.15, -0.1) is 0 Å². The minimum Gasteiger partial charge on any atom is -0.507 e. The molecule has 1 atom stereocenters. The number of methoxy groups -OCH3 is 1. The van der Waals surface area contributed by atoms with Gasteiger partial charge in [0, 0.05) is 5.56 Å². The van der Waals surface area contributed by atoms with Gasteiger partial charge in [-0.05, 0) is 64.0 Å². The Morgan fingerprint density at radius 2 is 1.91 bits per heavy atom. The molecule has 1 amide bonds. The van der Waals surface area contributed by atoms with E-state index in [4.69, 9.17) is 18.6 Å². The van der Waals surface area contributed by atoms with Crippen LogP contribution in [0.2, 0.25) is 0 Å². The van der Waals surface area contributed by atoms with Crippen molar-refractivity contribution in [1.82, 2.24) is 4.90 Å². The Kier molecular flexibility index (Phi) is 5.89. The summed E-state index contributed by atoms with van der Waals surface area (Å²) in [5.74, 6) is -0.601. The standard InChI is InChI=1S/C25H20BrNO8/c1-32-19-11-14(9-16(26)23(19)29)21-20(24(30)25(31)27(21)12-15-3-2-6-33-15)22(28)13-4-5-17-18(10-13)35-8-7-34-17/h2-6,9-11,21,28-29H,7-8,12H2,1H3/b22-20-. The van der Waals surface area contributed by atoms with E-state index in [0.29, 0.717) is 46.1 Å². The highest BCUT2D eigenvalue weighted by molar-refractivity contribution is 9.10. The molecule has 0 aliphatic carbocycles. The van der Waals surface area contributed by atoms with E-state index >= 15 is 0 Å². The maximum atomic E-state index is 13.2. The number of carbonyl (C=O) groups excluding carboxylic acids is 2. The smallest absolute Gasteiger partial charge is 0.296 e. The molecule has 1 aromatic heterocycles. The quantitative estimate of drug-likeness (QED) is 0.281. The molecule has 1 fully saturated rings. The number of aromatic hydroxyl groups is 1. The molecule has 2 N–H and O–H groups in total. The molecule has 2 aliphatic rings. The summed E-state index contributed by atoms with van der Waals surface area (Å²) in [5.41, 5.74) is 0.620. The molecule has 10 heteroatoms. The van der Waals surface area contributed by atoms with Gasteiger partial charge in [-0.1, -0.05) is 0 Å². The Morgan fingerprint density at radius 1 is 1.14 bits per heavy atom. The normalized spacial score (nSPS) is 18.7. The zero-order valence-electron chi connectivity index (χ0n) is 18.5. The number of ketones is 1. The zero-order chi connectivity index (χ0) is 24.7. The van der Waals surface area contributed by atoms with Crippen LogP contribution >= 0.6 is 15.9 Å². The lowest BCUT2D eigenvalue weighted by Crippen LogP contribution is -2.29. The highest BCUT2D eigenvalue weighted by Gasteiger charge is 2.47. The number of phenolic OH excluding ortho intramolecular Hbond substituents is 1. The van der Waals surface area contributed by atoms with E-state index in [1.165, 1.54) is 24.3 Å². The van der Waals surface area contributed by atoms with Crippen LogP contribution in [0.25, 0.3) is 5.76 Å². The summed E-state index contributed by atoms with van der Waals surface area (Å²) in [6.07, 6.45) is 1.47. The van der Waals surface area contributed by atoms with Crippen molar-refractivity contribution in [3.05, 3.63) is 75.7 Å². The fraction of sp³-hybridized carbons (Fsp3) is 0.200. The molecule has 0 radical (unpaired) electrons. The fourth-order valence-electron chi connectivity index (χ4n) is 4.21. The maximum Gasteiger partial charge on any atom is 0.296 e. The van der Waals surface area contributed by atoms with Crippen LogP contribution in [0.4, 0.5) is 0 Å². The first-order valence-corrected chi connectivity index (χ1v) is 11.5. The lowest BCUT2D eigenvalue weighted by molar-refractivity contribution is -0.140. The summed E-state index contributed by atoms with van der Waals surface area (Å²) in [4.78, 5) is 27.7. The third kappa shape index (κ3) is 3.99. The van der Waals surface area contributed by atoms with Crippen LogP contribution < -0.4 is 14.2 Å². The number of phenols is 1. The van der Waals surface area contributed by atoms with E-state index in [-0.39, 0.29) is 29.4 Å². The Hall–Kier alpha value is -3.92. The van der Waals surface area contributed by atoms with Gasteiger partial charge in [0.05, 0.1) is 36.0 Å². The number of aliphatic hydroxyl groups is 1. The van der Waals surface area contributed by atoms with Crippen LogP contribution in [0.3, 0.4) is 0 Å². The van der Waals surface area contributed by atoms with E-state index < -0.39 is 17.7 Å². The Balaban J connectivity index is 1.68. The third-order valence-corrected chi connectivity index (χ3v) is 6.45. The number of halogens is 1. The summed E-state index contributed by atoms with van der Waals surface area (Å²) in [5, 5.41) is 21.6. The van der Waals surface area contributed by atoms with Crippen molar-refractivity contribution in [1.29, 1.82) is 0 Å². The third-order valence-electron chi connectivity index (χ3n) is 5.85. The molecule has 3 heterocycles. The minimum absolute atomic E-state index is 0.0129. The van der Waals surface area contributed by atoms with E-state index in [2.05, 4.69) is 15.9 Å². The van der Waals surface area contributed by atoms with E-state index in [9.17, 15) is 19.8 Å². The van der Waals surface area contributed by atoms with Crippen LogP contribution in [-0.4, -0.2) is 47.1 Å². The number of fused-ring (bicyclic) bond motifs is 1. The second-order valence-electron chi connectivity index (χ2n) is 7.92. The zero-order valence-corrected chi connectivity index (χ0v) is 20.1. The molecule has 1 unspecified atom stereocenters. The molecule has 35 heavy (non-hydrogen) atoms. The van der Waals surface area contributed by atoms with Crippen LogP contribution in [0.1, 0.15) is 22.9 Å². The average Bonchev–Trinajstić information content (AvgIpc) is 3.47. The number of likely N-dealkylation sites (tertiary alicyclic amines) is 1. The number of amides is 1. The lowest BCUT2D eigenvalue weighted by Gasteiger charge is -2.25. The Bertz CT molecular complexity index is 1350. The summed E-state index contributed by atoms with van der Waals surface area (Å²) < 4.78 is 22.1. The molecule has 3 aromatic rings. The number of hydrogen-bond acceptors (Lipinski definition) is 8. The van der Waals surface area contributed by atoms with E-state index in [1.807, 2.05) is 0 Å². The Labute approximate surface area is 208 Å². The number of rotatable bonds is 5. The highest BCUT2D eigenvalue weighted by atomic mass is 79.9. The molecule has 180 valence electrons. The molecule has 2 aliphatic heterocycles. The number of furan rings is 1. The minimum atomic E-state index is -0.987. The van der Waals surface area contributed by atoms with Gasteiger partial charge >= 0.3 is 0 Å². The number of hydrogen-bond donors (Lipinski definition) is 2. The Morgan fingerprint density at radius 3 is 2.63 bits per heavy atom. The SMILES string of the molecule is COc1cc(C2/C(=C(/O)c3ccc4c(c3)OCCO4)C(=O)C(=O)N2Cc2ccco2)cc(Br)c1O. The summed E-state index contributed by atoms with van der Waals surface area (Å²) in [6.45, 7) is 0.751. The molecule has 1 saturated heterocycles. The van der Waals surface area contributed by atoms with Crippen molar-refractivity contribution in [2.75, 3.05) is 20.3 Å². The molecule has 0 bridgehead atoms. The summed E-state index contributed by atoms with van der Waals surface area (Å²) in [7, 11) is 1.39. The molecular weight excluding hydrogens is 522 g/mol. The van der Waals surface area contributed by atoms with Gasteiger partial charge in [-0.3, -0.25) is 9.59 Å². The second kappa shape index (κ2) is 9.03. The number of benzene rings is 2. The number of Topliss-reactive ketones (excluding diaryl/α,β-unsaturated/α-hetero) is 1. The molecule has 0 spiro atoms. The largest absolute Gasteiger partial charge is 0.507 e. The van der Waals surface area contributed by atoms with Crippen molar-refractivity contribution in [3.8, 4) is 23.0 Å². The van der Waals surface area contributed by atoms with E-state index in [0.717, 1.165) is 0 Å². The van der Waals surface area contributed by atoms with Gasteiger partial charge in [0.1, 0.15) is 24.7 Å². The van der Waals surface area contributed by atoms with Gasteiger partial charge in [0.15, 0.2) is 23.0 Å². The molecule has 0 saturated carbocycles. The molecule has 2 aromatic carbocycles. The van der Waals surface area contributed by atoms with Gasteiger partial charge in [0.25, 0.3) is 11.7 Å². The topological polar surface area (TPSA) is 119 Å². The first-order valence-electron chi connectivity index (χ1n) is 10.7. The number of aliphatic hydroxyl groups excluding tert-OH is 1. The van der Waals surface area contributed by atoms with Crippen LogP contribution in [-0.2, 0) is 16.1 Å². The molecule has 5 rings (SSSR count). The monoisotopic (exact) mass is 541 g/mol. The van der Waals surface area contributed by atoms with Crippen LogP contribution in [0.15, 0.2) is 63.2 Å². The molecular formula is C25H20BrNO8. The second-order valence-corrected chi connectivity index (χ2v) is 8.77. The summed E-state index contributed by atoms with van der Waals surface area (Å²) >= 11 is 3.29. The van der Waals surface area contributed by atoms with Gasteiger partial charge in [-0.25, -0.2) is 0 Å². The average molecular weight is 542 g/mol. The van der Waals surface area contributed by atoms with Gasteiger partial charge in [0.2, 0.25) is 0 Å². The predicted molar refractivity (Wildman–Crippen MR) is 126 cm³/mol. The summed E-state index contributed by atoms with van der Waals surface area (Å²) in [6, 6.07) is 10.3. The predicted octanol–water partition coefficient (Wildman–Crippen LogP) is 4.15. The maximum absolute atomic E-state index is 13.2. The number of carbonyl (C=O) groups is 2. The van der Waals surface area contributed by atoms with Crippen molar-refractivity contribution >= 4 is 33.4 Å². The van der Waals surface area contributed by atoms with Crippen molar-refractivity contribution in [2.24, 2.45) is 0 Å². The van der Waals surface area contributed by atoms with Gasteiger partial charge < -0.3 is 33.7 Å². The van der Waals surface area contributed by atoms with E-state index in [1.54, 1.807) is 36.4 Å².